The predicted molar refractivity (Wildman–Crippen MR) is 105 cm³/mol. The number of carboxylic acids is 1. The highest BCUT2D eigenvalue weighted by molar-refractivity contribution is 6.05. The molecule has 0 saturated heterocycles. The quantitative estimate of drug-likeness (QED) is 0.398. The van der Waals surface area contributed by atoms with E-state index in [1.807, 2.05) is 5.32 Å². The van der Waals surface area contributed by atoms with Gasteiger partial charge < -0.3 is 26.0 Å². The average Bonchev–Trinajstić information content (AvgIpc) is 3.54. The summed E-state index contributed by atoms with van der Waals surface area (Å²) in [6, 6.07) is 2.67. The lowest BCUT2D eigenvalue weighted by atomic mass is 10.1. The largest absolute Gasteiger partial charge is 0.506 e. The molecule has 1 aliphatic rings. The van der Waals surface area contributed by atoms with Crippen LogP contribution >= 0.6 is 0 Å². The van der Waals surface area contributed by atoms with Crippen LogP contribution in [0.25, 0.3) is 5.69 Å². The van der Waals surface area contributed by atoms with E-state index in [-0.39, 0.29) is 11.1 Å². The fourth-order valence-corrected chi connectivity index (χ4v) is 3.08. The van der Waals surface area contributed by atoms with Crippen LogP contribution in [0.4, 0.5) is 8.78 Å². The molecule has 32 heavy (non-hydrogen) atoms. The van der Waals surface area contributed by atoms with Gasteiger partial charge >= 0.3 is 5.97 Å². The maximum atomic E-state index is 14.4. The lowest BCUT2D eigenvalue weighted by Crippen LogP contribution is -2.36. The van der Waals surface area contributed by atoms with E-state index in [0.29, 0.717) is 12.3 Å². The molecule has 0 unspecified atom stereocenters. The van der Waals surface area contributed by atoms with E-state index < -0.39 is 70.0 Å². The number of aromatic nitrogens is 1. The van der Waals surface area contributed by atoms with Crippen molar-refractivity contribution in [3.8, 4) is 17.3 Å². The Bertz CT molecular complexity index is 1160. The molecule has 2 aromatic rings. The fraction of sp³-hybridized carbons (Fsp3) is 0.300. The molecular weight excluding hydrogens is 432 g/mol. The van der Waals surface area contributed by atoms with Crippen molar-refractivity contribution in [3.05, 3.63) is 51.3 Å². The number of halogens is 2. The third-order valence-corrected chi connectivity index (χ3v) is 4.89. The number of amides is 2. The number of pyridine rings is 1. The number of nitrogens with zero attached hydrogens (tertiary/aromatic N) is 1. The van der Waals surface area contributed by atoms with Crippen molar-refractivity contribution in [2.45, 2.75) is 19.3 Å². The van der Waals surface area contributed by atoms with Crippen LogP contribution < -0.4 is 16.2 Å². The summed E-state index contributed by atoms with van der Waals surface area (Å²) in [5, 5.41) is 34.0. The lowest BCUT2D eigenvalue weighted by molar-refractivity contribution is -0.135. The minimum absolute atomic E-state index is 0.151. The van der Waals surface area contributed by atoms with Crippen LogP contribution in [0.1, 0.15) is 40.0 Å². The number of carboxylic acid groups (broad SMARTS) is 1. The molecule has 170 valence electrons. The standard InChI is InChI=1S/C20H19F2N3O7/c21-10-2-1-3-11(15(10)22)25-19(31)13(17(29)23-7-6-9-4-5-9)16(28)14(20(25)32)18(30)24-8-12(26)27/h1-3,9,28,32H,4-8H2,(H,23,29)(H,24,30)(H,26,27). The van der Waals surface area contributed by atoms with Gasteiger partial charge in [0.2, 0.25) is 5.88 Å². The summed E-state index contributed by atoms with van der Waals surface area (Å²) >= 11 is 0. The van der Waals surface area contributed by atoms with Gasteiger partial charge in [0, 0.05) is 6.54 Å². The summed E-state index contributed by atoms with van der Waals surface area (Å²) in [6.45, 7) is -0.772. The third kappa shape index (κ3) is 4.53. The van der Waals surface area contributed by atoms with Crippen LogP contribution in [-0.2, 0) is 4.79 Å². The Morgan fingerprint density at radius 2 is 1.72 bits per heavy atom. The molecule has 0 atom stereocenters. The van der Waals surface area contributed by atoms with E-state index in [1.54, 1.807) is 0 Å². The smallest absolute Gasteiger partial charge is 0.322 e. The van der Waals surface area contributed by atoms with Crippen molar-refractivity contribution in [2.24, 2.45) is 5.92 Å². The highest BCUT2D eigenvalue weighted by Crippen LogP contribution is 2.33. The van der Waals surface area contributed by atoms with Gasteiger partial charge in [0.25, 0.3) is 17.4 Å². The zero-order valence-corrected chi connectivity index (χ0v) is 16.5. The normalized spacial score (nSPS) is 12.9. The number of benzene rings is 1. The van der Waals surface area contributed by atoms with Crippen molar-refractivity contribution in [2.75, 3.05) is 13.1 Å². The van der Waals surface area contributed by atoms with Gasteiger partial charge in [-0.05, 0) is 24.5 Å². The van der Waals surface area contributed by atoms with Crippen LogP contribution in [0.5, 0.6) is 11.6 Å². The summed E-state index contributed by atoms with van der Waals surface area (Å²) in [6.07, 6.45) is 2.61. The Morgan fingerprint density at radius 3 is 2.34 bits per heavy atom. The van der Waals surface area contributed by atoms with Gasteiger partial charge in [-0.3, -0.25) is 19.2 Å². The number of rotatable bonds is 8. The number of hydrogen-bond donors (Lipinski definition) is 5. The van der Waals surface area contributed by atoms with Crippen LogP contribution in [-0.4, -0.2) is 50.8 Å². The summed E-state index contributed by atoms with van der Waals surface area (Å²) < 4.78 is 28.3. The Morgan fingerprint density at radius 1 is 1.06 bits per heavy atom. The third-order valence-electron chi connectivity index (χ3n) is 4.89. The zero-order chi connectivity index (χ0) is 23.6. The van der Waals surface area contributed by atoms with Gasteiger partial charge in [0.15, 0.2) is 17.4 Å². The minimum Gasteiger partial charge on any atom is -0.506 e. The SMILES string of the molecule is O=C(O)CNC(=O)c1c(O)c(C(=O)NCCC2CC2)c(=O)n(-c2cccc(F)c2F)c1O. The van der Waals surface area contributed by atoms with Crippen molar-refractivity contribution >= 4 is 17.8 Å². The second-order valence-corrected chi connectivity index (χ2v) is 7.20. The number of aliphatic carboxylic acids is 1. The first-order valence-electron chi connectivity index (χ1n) is 9.57. The molecule has 2 amide bonds. The summed E-state index contributed by atoms with van der Waals surface area (Å²) in [5.74, 6) is -8.98. The molecule has 0 aliphatic heterocycles. The number of carbonyl (C=O) groups is 3. The van der Waals surface area contributed by atoms with E-state index in [9.17, 15) is 38.2 Å². The highest BCUT2D eigenvalue weighted by Gasteiger charge is 2.31. The molecule has 0 radical (unpaired) electrons. The molecule has 12 heteroatoms. The van der Waals surface area contributed by atoms with Crippen LogP contribution in [0.2, 0.25) is 0 Å². The summed E-state index contributed by atoms with van der Waals surface area (Å²) in [4.78, 5) is 48.7. The first-order chi connectivity index (χ1) is 15.1. The van der Waals surface area contributed by atoms with E-state index in [0.717, 1.165) is 31.0 Å². The molecule has 1 fully saturated rings. The number of carbonyl (C=O) groups excluding carboxylic acids is 2. The monoisotopic (exact) mass is 451 g/mol. The van der Waals surface area contributed by atoms with Gasteiger partial charge in [-0.15, -0.1) is 0 Å². The van der Waals surface area contributed by atoms with Crippen LogP contribution in [0, 0.1) is 17.6 Å². The van der Waals surface area contributed by atoms with Crippen molar-refractivity contribution in [3.63, 3.8) is 0 Å². The fourth-order valence-electron chi connectivity index (χ4n) is 3.08. The Hall–Kier alpha value is -3.96. The predicted octanol–water partition coefficient (Wildman–Crippen LogP) is 0.871. The molecule has 1 aliphatic carbocycles. The molecule has 0 bridgehead atoms. The number of hydrogen-bond acceptors (Lipinski definition) is 6. The van der Waals surface area contributed by atoms with Crippen molar-refractivity contribution < 1.29 is 38.5 Å². The molecule has 10 nitrogen and oxygen atoms in total. The molecule has 1 heterocycles. The first-order valence-corrected chi connectivity index (χ1v) is 9.57. The topological polar surface area (TPSA) is 158 Å². The second-order valence-electron chi connectivity index (χ2n) is 7.20. The van der Waals surface area contributed by atoms with Crippen LogP contribution in [0.3, 0.4) is 0 Å². The van der Waals surface area contributed by atoms with Crippen molar-refractivity contribution in [1.82, 2.24) is 15.2 Å². The number of aromatic hydroxyl groups is 2. The van der Waals surface area contributed by atoms with Crippen molar-refractivity contribution in [1.29, 1.82) is 0 Å². The van der Waals surface area contributed by atoms with E-state index in [2.05, 4.69) is 5.32 Å². The Labute approximate surface area is 179 Å². The second kappa shape index (κ2) is 9.04. The molecule has 3 rings (SSSR count). The van der Waals surface area contributed by atoms with Crippen LogP contribution in [0.15, 0.2) is 23.0 Å². The highest BCUT2D eigenvalue weighted by atomic mass is 19.2. The Balaban J connectivity index is 2.16. The van der Waals surface area contributed by atoms with Gasteiger partial charge in [-0.25, -0.2) is 13.3 Å². The zero-order valence-electron chi connectivity index (χ0n) is 16.5. The molecule has 1 aromatic heterocycles. The average molecular weight is 451 g/mol. The van der Waals surface area contributed by atoms with Gasteiger partial charge in [0.1, 0.15) is 17.7 Å². The summed E-state index contributed by atoms with van der Waals surface area (Å²) in [7, 11) is 0. The molecule has 5 N–H and O–H groups in total. The maximum absolute atomic E-state index is 14.4. The van der Waals surface area contributed by atoms with Gasteiger partial charge in [-0.1, -0.05) is 18.9 Å². The number of nitrogens with one attached hydrogen (secondary N) is 2. The van der Waals surface area contributed by atoms with Gasteiger partial charge in [-0.2, -0.15) is 0 Å². The molecule has 0 spiro atoms. The first kappa shape index (κ1) is 22.7. The maximum Gasteiger partial charge on any atom is 0.322 e. The molecular formula is C20H19F2N3O7. The lowest BCUT2D eigenvalue weighted by Gasteiger charge is -2.17. The van der Waals surface area contributed by atoms with E-state index in [4.69, 9.17) is 5.11 Å². The Kier molecular flexibility index (Phi) is 6.42. The molecule has 1 aromatic carbocycles. The summed E-state index contributed by atoms with van der Waals surface area (Å²) in [5.41, 5.74) is -4.29. The van der Waals surface area contributed by atoms with E-state index >= 15 is 0 Å². The van der Waals surface area contributed by atoms with Gasteiger partial charge in [0.05, 0.1) is 5.69 Å². The van der Waals surface area contributed by atoms with E-state index in [1.165, 1.54) is 0 Å². The molecule has 1 saturated carbocycles. The minimum atomic E-state index is -1.56.